The van der Waals surface area contributed by atoms with Crippen molar-refractivity contribution in [2.45, 2.75) is 13.8 Å². The highest BCUT2D eigenvalue weighted by Crippen LogP contribution is 2.16. The lowest BCUT2D eigenvalue weighted by atomic mass is 10.1. The van der Waals surface area contributed by atoms with Gasteiger partial charge in [0.25, 0.3) is 5.91 Å². The second-order valence-corrected chi connectivity index (χ2v) is 6.10. The minimum Gasteiger partial charge on any atom is -0.463 e. The van der Waals surface area contributed by atoms with Gasteiger partial charge >= 0.3 is 0 Å². The van der Waals surface area contributed by atoms with Crippen LogP contribution in [0.25, 0.3) is 11.0 Å². The van der Waals surface area contributed by atoms with Crippen LogP contribution >= 0.6 is 11.6 Å². The topological polar surface area (TPSA) is 71.7 Å². The summed E-state index contributed by atoms with van der Waals surface area (Å²) in [4.78, 5) is 24.5. The number of nitrogens with one attached hydrogen (secondary N) is 1. The molecule has 5 nitrogen and oxygen atoms in total. The number of carbonyl (C=O) groups is 1. The maximum absolute atomic E-state index is 12.4. The quantitative estimate of drug-likeness (QED) is 0.574. The summed E-state index contributed by atoms with van der Waals surface area (Å²) in [5, 5.41) is 4.64. The molecule has 126 valence electrons. The highest BCUT2D eigenvalue weighted by Gasteiger charge is 2.07. The first-order valence-corrected chi connectivity index (χ1v) is 7.95. The molecule has 0 aliphatic carbocycles. The molecule has 0 bridgehead atoms. The van der Waals surface area contributed by atoms with Gasteiger partial charge in [-0.1, -0.05) is 17.7 Å². The smallest absolute Gasteiger partial charge is 0.271 e. The van der Waals surface area contributed by atoms with Crippen molar-refractivity contribution in [3.8, 4) is 0 Å². The molecule has 0 atom stereocenters. The zero-order valence-electron chi connectivity index (χ0n) is 13.7. The molecule has 0 aliphatic heterocycles. The van der Waals surface area contributed by atoms with Gasteiger partial charge in [-0.2, -0.15) is 5.10 Å². The van der Waals surface area contributed by atoms with Gasteiger partial charge in [-0.05, 0) is 55.3 Å². The number of nitrogens with zero attached hydrogens (tertiary/aromatic N) is 1. The van der Waals surface area contributed by atoms with Crippen molar-refractivity contribution in [3.05, 3.63) is 80.2 Å². The van der Waals surface area contributed by atoms with E-state index < -0.39 is 0 Å². The van der Waals surface area contributed by atoms with Gasteiger partial charge in [-0.25, -0.2) is 5.43 Å². The molecule has 1 heterocycles. The number of benzene rings is 2. The molecule has 3 aromatic rings. The fourth-order valence-electron chi connectivity index (χ4n) is 2.32. The third kappa shape index (κ3) is 3.61. The fraction of sp³-hybridized carbons (Fsp3) is 0.105. The maximum atomic E-state index is 12.4. The second kappa shape index (κ2) is 6.91. The number of amides is 1. The Morgan fingerprint density at radius 2 is 1.96 bits per heavy atom. The van der Waals surface area contributed by atoms with Crippen LogP contribution in [0.2, 0.25) is 5.02 Å². The van der Waals surface area contributed by atoms with E-state index in [0.29, 0.717) is 21.6 Å². The molecule has 0 radical (unpaired) electrons. The molecule has 0 unspecified atom stereocenters. The van der Waals surface area contributed by atoms with E-state index >= 15 is 0 Å². The number of hydrazone groups is 1. The number of aryl methyl sites for hydroxylation is 2. The Morgan fingerprint density at radius 1 is 1.16 bits per heavy atom. The molecular formula is C19H15ClN2O3. The number of carbonyl (C=O) groups excluding carboxylic acids is 1. The van der Waals surface area contributed by atoms with Crippen LogP contribution in [-0.4, -0.2) is 12.1 Å². The molecule has 6 heteroatoms. The Hall–Kier alpha value is -2.92. The van der Waals surface area contributed by atoms with Crippen LogP contribution in [0.5, 0.6) is 0 Å². The molecule has 25 heavy (non-hydrogen) atoms. The zero-order chi connectivity index (χ0) is 18.0. The van der Waals surface area contributed by atoms with Gasteiger partial charge in [-0.3, -0.25) is 9.59 Å². The lowest BCUT2D eigenvalue weighted by molar-refractivity contribution is 0.0955. The van der Waals surface area contributed by atoms with E-state index in [1.807, 2.05) is 19.9 Å². The van der Waals surface area contributed by atoms with Crippen molar-refractivity contribution in [3.63, 3.8) is 0 Å². The van der Waals surface area contributed by atoms with Gasteiger partial charge in [0.15, 0.2) is 0 Å². The Kier molecular flexibility index (Phi) is 4.67. The van der Waals surface area contributed by atoms with E-state index in [4.69, 9.17) is 16.0 Å². The first kappa shape index (κ1) is 16.9. The average Bonchev–Trinajstić information content (AvgIpc) is 2.59. The summed E-state index contributed by atoms with van der Waals surface area (Å²) in [6.45, 7) is 3.90. The van der Waals surface area contributed by atoms with E-state index in [2.05, 4.69) is 10.5 Å². The third-order valence-electron chi connectivity index (χ3n) is 3.90. The highest BCUT2D eigenvalue weighted by molar-refractivity contribution is 6.31. The molecule has 0 spiro atoms. The minimum absolute atomic E-state index is 0.218. The number of rotatable bonds is 3. The van der Waals surface area contributed by atoms with Crippen molar-refractivity contribution >= 4 is 34.7 Å². The zero-order valence-corrected chi connectivity index (χ0v) is 14.4. The normalized spacial score (nSPS) is 11.2. The van der Waals surface area contributed by atoms with E-state index in [0.717, 1.165) is 11.1 Å². The van der Waals surface area contributed by atoms with Crippen LogP contribution in [0.15, 0.2) is 57.0 Å². The van der Waals surface area contributed by atoms with E-state index in [1.165, 1.54) is 18.5 Å². The summed E-state index contributed by atoms with van der Waals surface area (Å²) in [6, 6.07) is 10.2. The maximum Gasteiger partial charge on any atom is 0.271 e. The van der Waals surface area contributed by atoms with Gasteiger partial charge in [0.1, 0.15) is 11.8 Å². The first-order chi connectivity index (χ1) is 12.0. The summed E-state index contributed by atoms with van der Waals surface area (Å²) in [5.41, 5.74) is 5.41. The number of fused-ring (bicyclic) bond motifs is 1. The Bertz CT molecular complexity index is 1050. The van der Waals surface area contributed by atoms with Crippen LogP contribution in [0.4, 0.5) is 0 Å². The van der Waals surface area contributed by atoms with Crippen LogP contribution in [0.3, 0.4) is 0 Å². The predicted molar refractivity (Wildman–Crippen MR) is 98.5 cm³/mol. The molecule has 3 rings (SSSR count). The van der Waals surface area contributed by atoms with E-state index in [-0.39, 0.29) is 16.9 Å². The standard InChI is InChI=1S/C19H15ClN2O3/c1-11-3-4-13(7-12(11)2)19(24)22-21-9-14-10-25-17-6-5-15(20)8-16(17)18(14)23/h3-10H,1-2H3,(H,22,24). The predicted octanol–water partition coefficient (Wildman–Crippen LogP) is 3.83. The molecule has 0 aliphatic rings. The molecule has 1 aromatic heterocycles. The summed E-state index contributed by atoms with van der Waals surface area (Å²) in [7, 11) is 0. The SMILES string of the molecule is Cc1ccc(C(=O)NN=Cc2coc3ccc(Cl)cc3c2=O)cc1C. The van der Waals surface area contributed by atoms with Crippen LogP contribution in [0, 0.1) is 13.8 Å². The van der Waals surface area contributed by atoms with Gasteiger partial charge in [0.2, 0.25) is 5.43 Å². The van der Waals surface area contributed by atoms with Gasteiger partial charge in [0.05, 0.1) is 17.2 Å². The van der Waals surface area contributed by atoms with E-state index in [9.17, 15) is 9.59 Å². The van der Waals surface area contributed by atoms with Crippen molar-refractivity contribution in [2.75, 3.05) is 0 Å². The third-order valence-corrected chi connectivity index (χ3v) is 4.14. The van der Waals surface area contributed by atoms with Crippen molar-refractivity contribution in [2.24, 2.45) is 5.10 Å². The largest absolute Gasteiger partial charge is 0.463 e. The van der Waals surface area contributed by atoms with Crippen molar-refractivity contribution in [1.82, 2.24) is 5.43 Å². The van der Waals surface area contributed by atoms with Crippen molar-refractivity contribution < 1.29 is 9.21 Å². The first-order valence-electron chi connectivity index (χ1n) is 7.57. The number of hydrogen-bond acceptors (Lipinski definition) is 4. The molecule has 0 saturated carbocycles. The minimum atomic E-state index is -0.354. The molecule has 1 N–H and O–H groups in total. The summed E-state index contributed by atoms with van der Waals surface area (Å²) < 4.78 is 5.39. The molecule has 0 saturated heterocycles. The highest BCUT2D eigenvalue weighted by atomic mass is 35.5. The van der Waals surface area contributed by atoms with E-state index in [1.54, 1.807) is 24.3 Å². The van der Waals surface area contributed by atoms with Gasteiger partial charge in [0, 0.05) is 10.6 Å². The average molecular weight is 355 g/mol. The van der Waals surface area contributed by atoms with Crippen molar-refractivity contribution in [1.29, 1.82) is 0 Å². The summed E-state index contributed by atoms with van der Waals surface area (Å²) in [5.74, 6) is -0.354. The number of hydrogen-bond donors (Lipinski definition) is 1. The fourth-order valence-corrected chi connectivity index (χ4v) is 2.49. The van der Waals surface area contributed by atoms with Gasteiger partial charge < -0.3 is 4.42 Å². The lowest BCUT2D eigenvalue weighted by Crippen LogP contribution is -2.18. The Morgan fingerprint density at radius 3 is 2.72 bits per heavy atom. The molecular weight excluding hydrogens is 340 g/mol. The molecule has 0 fully saturated rings. The number of halogens is 1. The van der Waals surface area contributed by atoms with Crippen LogP contribution < -0.4 is 10.9 Å². The summed E-state index contributed by atoms with van der Waals surface area (Å²) >= 11 is 5.91. The second-order valence-electron chi connectivity index (χ2n) is 5.66. The monoisotopic (exact) mass is 354 g/mol. The van der Waals surface area contributed by atoms with Gasteiger partial charge in [-0.15, -0.1) is 0 Å². The Labute approximate surface area is 148 Å². The summed E-state index contributed by atoms with van der Waals surface area (Å²) in [6.07, 6.45) is 2.55. The van der Waals surface area contributed by atoms with Crippen LogP contribution in [0.1, 0.15) is 27.0 Å². The lowest BCUT2D eigenvalue weighted by Gasteiger charge is -2.03. The molecule has 1 amide bonds. The van der Waals surface area contributed by atoms with Crippen LogP contribution in [-0.2, 0) is 0 Å². The molecule has 2 aromatic carbocycles. The Balaban J connectivity index is 1.81.